The Kier molecular flexibility index (Phi) is 5.83. The maximum atomic E-state index is 11.6. The summed E-state index contributed by atoms with van der Waals surface area (Å²) < 4.78 is 11.8. The zero-order valence-corrected chi connectivity index (χ0v) is 14.8. The van der Waals surface area contributed by atoms with E-state index in [1.54, 1.807) is 7.11 Å². The number of nitrogens with zero attached hydrogens (tertiary/aromatic N) is 2. The van der Waals surface area contributed by atoms with E-state index in [0.717, 1.165) is 25.9 Å². The molecule has 1 aromatic carbocycles. The molecule has 0 saturated carbocycles. The highest BCUT2D eigenvalue weighted by atomic mass is 16.5. The number of aromatic nitrogens is 2. The summed E-state index contributed by atoms with van der Waals surface area (Å²) in [5.41, 5.74) is 3.07. The highest BCUT2D eigenvalue weighted by Crippen LogP contribution is 2.34. The van der Waals surface area contributed by atoms with Crippen molar-refractivity contribution in [3.8, 4) is 0 Å². The van der Waals surface area contributed by atoms with Crippen LogP contribution in [-0.2, 0) is 16.0 Å². The van der Waals surface area contributed by atoms with Crippen molar-refractivity contribution in [2.75, 3.05) is 27.4 Å². The molecular formula is C19H25N3O3. The fourth-order valence-electron chi connectivity index (χ4n) is 3.34. The number of piperidine rings is 1. The first-order valence-corrected chi connectivity index (χ1v) is 8.64. The maximum absolute atomic E-state index is 11.6. The number of rotatable bonds is 6. The van der Waals surface area contributed by atoms with Crippen LogP contribution in [0, 0.1) is 0 Å². The molecule has 1 aliphatic heterocycles. The molecule has 2 atom stereocenters. The van der Waals surface area contributed by atoms with Crippen LogP contribution in [0.15, 0.2) is 36.7 Å². The van der Waals surface area contributed by atoms with Crippen LogP contribution in [0.5, 0.6) is 0 Å². The van der Waals surface area contributed by atoms with E-state index in [1.807, 2.05) is 35.1 Å². The lowest BCUT2D eigenvalue weighted by Gasteiger charge is -2.30. The van der Waals surface area contributed by atoms with Gasteiger partial charge in [-0.15, -0.1) is 0 Å². The lowest BCUT2D eigenvalue weighted by molar-refractivity contribution is 0.0600. The van der Waals surface area contributed by atoms with E-state index >= 15 is 0 Å². The molecule has 6 heteroatoms. The van der Waals surface area contributed by atoms with Crippen molar-refractivity contribution in [2.24, 2.45) is 0 Å². The molecule has 2 heterocycles. The van der Waals surface area contributed by atoms with Gasteiger partial charge in [0, 0.05) is 19.3 Å². The summed E-state index contributed by atoms with van der Waals surface area (Å²) in [5, 5.41) is 8.01. The predicted molar refractivity (Wildman–Crippen MR) is 94.6 cm³/mol. The van der Waals surface area contributed by atoms with E-state index in [9.17, 15) is 4.79 Å². The maximum Gasteiger partial charge on any atom is 0.337 e. The third-order valence-corrected chi connectivity index (χ3v) is 4.79. The number of hydrogen-bond acceptors (Lipinski definition) is 5. The van der Waals surface area contributed by atoms with Crippen molar-refractivity contribution in [3.05, 3.63) is 53.3 Å². The zero-order chi connectivity index (χ0) is 17.6. The van der Waals surface area contributed by atoms with Gasteiger partial charge in [-0.25, -0.2) is 4.79 Å². The van der Waals surface area contributed by atoms with Gasteiger partial charge >= 0.3 is 5.97 Å². The van der Waals surface area contributed by atoms with Gasteiger partial charge in [0.2, 0.25) is 0 Å². The van der Waals surface area contributed by atoms with Gasteiger partial charge in [0.15, 0.2) is 0 Å². The van der Waals surface area contributed by atoms with Crippen molar-refractivity contribution in [1.29, 1.82) is 0 Å². The van der Waals surface area contributed by atoms with Gasteiger partial charge in [-0.3, -0.25) is 4.68 Å². The zero-order valence-electron chi connectivity index (χ0n) is 14.8. The molecule has 0 spiro atoms. The topological polar surface area (TPSA) is 65.4 Å². The lowest BCUT2D eigenvalue weighted by atomic mass is 9.85. The van der Waals surface area contributed by atoms with Gasteiger partial charge in [0.25, 0.3) is 0 Å². The standard InChI is InChI=1S/C19H25N3O3/c1-24-10-9-22-13-17(12-21-22)16-7-8-20-18(11-16)14-3-5-15(6-4-14)19(23)25-2/h3-6,12-13,16,18,20H,7-11H2,1-2H3/t16?,18-/m0/s1. The Bertz CT molecular complexity index is 696. The van der Waals surface area contributed by atoms with Gasteiger partial charge in [0.1, 0.15) is 0 Å². The van der Waals surface area contributed by atoms with Gasteiger partial charge in [-0.05, 0) is 48.6 Å². The van der Waals surface area contributed by atoms with Gasteiger partial charge < -0.3 is 14.8 Å². The first kappa shape index (κ1) is 17.6. The molecule has 2 aromatic rings. The number of nitrogens with one attached hydrogen (secondary N) is 1. The summed E-state index contributed by atoms with van der Waals surface area (Å²) in [7, 11) is 3.10. The first-order valence-electron chi connectivity index (χ1n) is 8.64. The average molecular weight is 343 g/mol. The number of hydrogen-bond donors (Lipinski definition) is 1. The second-order valence-corrected chi connectivity index (χ2v) is 6.37. The van der Waals surface area contributed by atoms with Crippen LogP contribution in [-0.4, -0.2) is 43.1 Å². The second kappa shape index (κ2) is 8.27. The molecule has 1 aliphatic rings. The van der Waals surface area contributed by atoms with Gasteiger partial charge in [-0.2, -0.15) is 5.10 Å². The van der Waals surface area contributed by atoms with Crippen molar-refractivity contribution >= 4 is 5.97 Å². The largest absolute Gasteiger partial charge is 0.465 e. The van der Waals surface area contributed by atoms with Crippen molar-refractivity contribution in [2.45, 2.75) is 31.3 Å². The van der Waals surface area contributed by atoms with Crippen LogP contribution in [0.4, 0.5) is 0 Å². The van der Waals surface area contributed by atoms with Crippen LogP contribution in [0.2, 0.25) is 0 Å². The molecule has 1 aromatic heterocycles. The number of carbonyl (C=O) groups is 1. The molecule has 1 unspecified atom stereocenters. The van der Waals surface area contributed by atoms with Crippen molar-refractivity contribution in [1.82, 2.24) is 15.1 Å². The quantitative estimate of drug-likeness (QED) is 0.817. The summed E-state index contributed by atoms with van der Waals surface area (Å²) in [6, 6.07) is 7.96. The van der Waals surface area contributed by atoms with E-state index in [2.05, 4.69) is 16.6 Å². The number of ether oxygens (including phenoxy) is 2. The molecule has 6 nitrogen and oxygen atoms in total. The van der Waals surface area contributed by atoms with E-state index in [-0.39, 0.29) is 12.0 Å². The minimum absolute atomic E-state index is 0.285. The number of carbonyl (C=O) groups excluding carboxylic acids is 1. The summed E-state index contributed by atoms with van der Waals surface area (Å²) in [6.07, 6.45) is 6.23. The van der Waals surface area contributed by atoms with Gasteiger partial charge in [-0.1, -0.05) is 12.1 Å². The Labute approximate surface area is 148 Å². The molecule has 25 heavy (non-hydrogen) atoms. The predicted octanol–water partition coefficient (Wildman–Crippen LogP) is 2.52. The van der Waals surface area contributed by atoms with E-state index < -0.39 is 0 Å². The van der Waals surface area contributed by atoms with E-state index in [0.29, 0.717) is 18.1 Å². The Morgan fingerprint density at radius 3 is 2.80 bits per heavy atom. The minimum atomic E-state index is -0.301. The van der Waals surface area contributed by atoms with Crippen LogP contribution >= 0.6 is 0 Å². The molecule has 0 aliphatic carbocycles. The Morgan fingerprint density at radius 1 is 1.28 bits per heavy atom. The Balaban J connectivity index is 1.66. The monoisotopic (exact) mass is 343 g/mol. The van der Waals surface area contributed by atoms with Crippen LogP contribution < -0.4 is 5.32 Å². The van der Waals surface area contributed by atoms with Crippen molar-refractivity contribution < 1.29 is 14.3 Å². The average Bonchev–Trinajstić information content (AvgIpc) is 3.15. The van der Waals surface area contributed by atoms with Gasteiger partial charge in [0.05, 0.1) is 32.0 Å². The molecule has 1 fully saturated rings. The van der Waals surface area contributed by atoms with Crippen molar-refractivity contribution in [3.63, 3.8) is 0 Å². The molecule has 0 radical (unpaired) electrons. The molecule has 1 N–H and O–H groups in total. The summed E-state index contributed by atoms with van der Waals surface area (Å²) in [5.74, 6) is 0.187. The summed E-state index contributed by atoms with van der Waals surface area (Å²) >= 11 is 0. The van der Waals surface area contributed by atoms with Crippen LogP contribution in [0.25, 0.3) is 0 Å². The third kappa shape index (κ3) is 4.27. The number of esters is 1. The third-order valence-electron chi connectivity index (χ3n) is 4.79. The van der Waals surface area contributed by atoms with E-state index in [4.69, 9.17) is 9.47 Å². The number of benzene rings is 1. The normalized spacial score (nSPS) is 20.4. The van der Waals surface area contributed by atoms with Crippen LogP contribution in [0.1, 0.15) is 46.3 Å². The molecule has 0 bridgehead atoms. The SMILES string of the molecule is COCCn1cc(C2CCN[C@H](c3ccc(C(=O)OC)cc3)C2)cn1. The minimum Gasteiger partial charge on any atom is -0.465 e. The molecule has 0 amide bonds. The second-order valence-electron chi connectivity index (χ2n) is 6.37. The fourth-order valence-corrected chi connectivity index (χ4v) is 3.34. The highest BCUT2D eigenvalue weighted by molar-refractivity contribution is 5.89. The Morgan fingerprint density at radius 2 is 2.08 bits per heavy atom. The molecular weight excluding hydrogens is 318 g/mol. The molecule has 134 valence electrons. The highest BCUT2D eigenvalue weighted by Gasteiger charge is 2.25. The lowest BCUT2D eigenvalue weighted by Crippen LogP contribution is -2.30. The summed E-state index contributed by atoms with van der Waals surface area (Å²) in [6.45, 7) is 2.42. The fraction of sp³-hybridized carbons (Fsp3) is 0.474. The molecule has 1 saturated heterocycles. The summed E-state index contributed by atoms with van der Waals surface area (Å²) in [4.78, 5) is 11.6. The first-order chi connectivity index (χ1) is 12.2. The smallest absolute Gasteiger partial charge is 0.337 e. The molecule has 3 rings (SSSR count). The van der Waals surface area contributed by atoms with E-state index in [1.165, 1.54) is 18.2 Å². The number of methoxy groups -OCH3 is 2. The Hall–Kier alpha value is -2.18. The van der Waals surface area contributed by atoms with Crippen LogP contribution in [0.3, 0.4) is 0 Å².